The molecule has 7 nitrogen and oxygen atoms in total. The highest BCUT2D eigenvalue weighted by Crippen LogP contribution is 2.38. The van der Waals surface area contributed by atoms with E-state index in [2.05, 4.69) is 15.9 Å². The standard InChI is InChI=1S/C17H18BrNO6S/c1-5-25-16(21)9(2)19-15(20)14(26-17(19)22)7-10-6-11(18)13(24-4)8-12(10)23-3/h6-9H,5H2,1-4H3/b14-7+. The molecule has 0 aromatic heterocycles. The van der Waals surface area contributed by atoms with E-state index in [1.165, 1.54) is 21.1 Å². The van der Waals surface area contributed by atoms with Gasteiger partial charge in [0.15, 0.2) is 0 Å². The van der Waals surface area contributed by atoms with Gasteiger partial charge in [-0.1, -0.05) is 0 Å². The third-order valence-corrected chi connectivity index (χ3v) is 5.13. The van der Waals surface area contributed by atoms with E-state index in [-0.39, 0.29) is 11.5 Å². The van der Waals surface area contributed by atoms with E-state index in [1.807, 2.05) is 0 Å². The molecule has 1 aromatic carbocycles. The van der Waals surface area contributed by atoms with Gasteiger partial charge in [-0.3, -0.25) is 14.5 Å². The van der Waals surface area contributed by atoms with Gasteiger partial charge in [0.25, 0.3) is 11.1 Å². The van der Waals surface area contributed by atoms with Crippen LogP contribution in [0.5, 0.6) is 11.5 Å². The minimum absolute atomic E-state index is 0.173. The highest BCUT2D eigenvalue weighted by Gasteiger charge is 2.41. The van der Waals surface area contributed by atoms with Gasteiger partial charge in [0.2, 0.25) is 0 Å². The second-order valence-corrected chi connectivity index (χ2v) is 7.06. The molecule has 0 spiro atoms. The summed E-state index contributed by atoms with van der Waals surface area (Å²) in [5.41, 5.74) is 0.592. The van der Waals surface area contributed by atoms with Crippen LogP contribution >= 0.6 is 27.7 Å². The number of rotatable bonds is 6. The van der Waals surface area contributed by atoms with Gasteiger partial charge in [-0.05, 0) is 53.7 Å². The fourth-order valence-corrected chi connectivity index (χ4v) is 3.74. The molecule has 2 amide bonds. The van der Waals surface area contributed by atoms with E-state index in [4.69, 9.17) is 14.2 Å². The van der Waals surface area contributed by atoms with Gasteiger partial charge in [-0.25, -0.2) is 4.79 Å². The molecule has 1 fully saturated rings. The highest BCUT2D eigenvalue weighted by atomic mass is 79.9. The molecule has 1 unspecified atom stereocenters. The zero-order chi connectivity index (χ0) is 19.4. The molecule has 1 aliphatic rings. The molecule has 1 atom stereocenters. The average Bonchev–Trinajstić information content (AvgIpc) is 2.88. The van der Waals surface area contributed by atoms with E-state index in [9.17, 15) is 14.4 Å². The van der Waals surface area contributed by atoms with Crippen molar-refractivity contribution in [2.24, 2.45) is 0 Å². The first kappa shape index (κ1) is 20.3. The predicted molar refractivity (Wildman–Crippen MR) is 101 cm³/mol. The van der Waals surface area contributed by atoms with Gasteiger partial charge < -0.3 is 14.2 Å². The van der Waals surface area contributed by atoms with Gasteiger partial charge in [0.05, 0.1) is 30.2 Å². The maximum Gasteiger partial charge on any atom is 0.329 e. The van der Waals surface area contributed by atoms with Crippen LogP contribution in [-0.2, 0) is 14.3 Å². The Labute approximate surface area is 163 Å². The summed E-state index contributed by atoms with van der Waals surface area (Å²) in [5, 5.41) is -0.520. The number of imide groups is 1. The molecule has 0 bridgehead atoms. The fraction of sp³-hybridized carbons (Fsp3) is 0.353. The van der Waals surface area contributed by atoms with Crippen molar-refractivity contribution in [2.45, 2.75) is 19.9 Å². The lowest BCUT2D eigenvalue weighted by atomic mass is 10.1. The number of ether oxygens (including phenoxy) is 3. The van der Waals surface area contributed by atoms with Gasteiger partial charge in [-0.15, -0.1) is 0 Å². The Morgan fingerprint density at radius 2 is 1.92 bits per heavy atom. The Morgan fingerprint density at radius 3 is 2.50 bits per heavy atom. The van der Waals surface area contributed by atoms with Gasteiger partial charge in [0, 0.05) is 11.6 Å². The highest BCUT2D eigenvalue weighted by molar-refractivity contribution is 9.10. The molecule has 0 saturated carbocycles. The SMILES string of the molecule is CCOC(=O)C(C)N1C(=O)S/C(=C/c2cc(Br)c(OC)cc2OC)C1=O. The summed E-state index contributed by atoms with van der Waals surface area (Å²) in [7, 11) is 3.02. The molecule has 0 radical (unpaired) electrons. The van der Waals surface area contributed by atoms with Crippen LogP contribution in [0.3, 0.4) is 0 Å². The van der Waals surface area contributed by atoms with Crippen molar-refractivity contribution in [1.82, 2.24) is 4.90 Å². The third-order valence-electron chi connectivity index (χ3n) is 3.63. The summed E-state index contributed by atoms with van der Waals surface area (Å²) in [6.45, 7) is 3.29. The lowest BCUT2D eigenvalue weighted by molar-refractivity contribution is -0.150. The van der Waals surface area contributed by atoms with Crippen LogP contribution in [0, 0.1) is 0 Å². The number of benzene rings is 1. The van der Waals surface area contributed by atoms with E-state index in [1.54, 1.807) is 25.1 Å². The molecule has 1 saturated heterocycles. The van der Waals surface area contributed by atoms with E-state index in [0.29, 0.717) is 21.5 Å². The zero-order valence-electron chi connectivity index (χ0n) is 14.7. The first-order valence-corrected chi connectivity index (χ1v) is 9.30. The molecule has 2 rings (SSSR count). The zero-order valence-corrected chi connectivity index (χ0v) is 17.1. The van der Waals surface area contributed by atoms with Gasteiger partial charge in [0.1, 0.15) is 17.5 Å². The lowest BCUT2D eigenvalue weighted by Crippen LogP contribution is -2.42. The summed E-state index contributed by atoms with van der Waals surface area (Å²) >= 11 is 4.14. The maximum absolute atomic E-state index is 12.6. The molecule has 1 aliphatic heterocycles. The summed E-state index contributed by atoms with van der Waals surface area (Å²) < 4.78 is 16.1. The molecule has 9 heteroatoms. The smallest absolute Gasteiger partial charge is 0.329 e. The molecule has 1 heterocycles. The van der Waals surface area contributed by atoms with Crippen molar-refractivity contribution >= 4 is 50.9 Å². The van der Waals surface area contributed by atoms with Gasteiger partial charge >= 0.3 is 5.97 Å². The fourth-order valence-electron chi connectivity index (χ4n) is 2.32. The number of nitrogens with zero attached hydrogens (tertiary/aromatic N) is 1. The van der Waals surface area contributed by atoms with E-state index >= 15 is 0 Å². The number of carbonyl (C=O) groups is 3. The Bertz CT molecular complexity index is 779. The largest absolute Gasteiger partial charge is 0.496 e. The summed E-state index contributed by atoms with van der Waals surface area (Å²) in [6.07, 6.45) is 1.55. The van der Waals surface area contributed by atoms with Crippen molar-refractivity contribution < 1.29 is 28.6 Å². The van der Waals surface area contributed by atoms with Crippen LogP contribution < -0.4 is 9.47 Å². The monoisotopic (exact) mass is 443 g/mol. The average molecular weight is 444 g/mol. The van der Waals surface area contributed by atoms with E-state index in [0.717, 1.165) is 16.7 Å². The van der Waals surface area contributed by atoms with Crippen LogP contribution in [0.1, 0.15) is 19.4 Å². The number of carbonyl (C=O) groups excluding carboxylic acids is 3. The maximum atomic E-state index is 12.6. The first-order chi connectivity index (χ1) is 12.3. The van der Waals surface area contributed by atoms with Crippen molar-refractivity contribution in [3.05, 3.63) is 27.1 Å². The minimum atomic E-state index is -0.988. The predicted octanol–water partition coefficient (Wildman–Crippen LogP) is 3.45. The molecular formula is C17H18BrNO6S. The number of thioether (sulfide) groups is 1. The number of amides is 2. The lowest BCUT2D eigenvalue weighted by Gasteiger charge is -2.19. The van der Waals surface area contributed by atoms with Gasteiger partial charge in [-0.2, -0.15) is 0 Å². The Hall–Kier alpha value is -2.00. The second kappa shape index (κ2) is 8.59. The third kappa shape index (κ3) is 4.04. The van der Waals surface area contributed by atoms with Crippen LogP contribution in [0.4, 0.5) is 4.79 Å². The van der Waals surface area contributed by atoms with Crippen molar-refractivity contribution in [1.29, 1.82) is 0 Å². The van der Waals surface area contributed by atoms with E-state index < -0.39 is 23.2 Å². The second-order valence-electron chi connectivity index (χ2n) is 5.21. The number of esters is 1. The molecular weight excluding hydrogens is 426 g/mol. The molecule has 0 aliphatic carbocycles. The normalized spacial score (nSPS) is 16.8. The molecule has 1 aromatic rings. The molecule has 26 heavy (non-hydrogen) atoms. The van der Waals surface area contributed by atoms with Crippen molar-refractivity contribution in [3.8, 4) is 11.5 Å². The number of hydrogen-bond donors (Lipinski definition) is 0. The molecule has 0 N–H and O–H groups in total. The van der Waals surface area contributed by atoms with Crippen LogP contribution in [0.25, 0.3) is 6.08 Å². The Balaban J connectivity index is 2.36. The van der Waals surface area contributed by atoms with Crippen LogP contribution in [0.15, 0.2) is 21.5 Å². The summed E-state index contributed by atoms with van der Waals surface area (Å²) in [5.74, 6) is -0.117. The molecule has 140 valence electrons. The van der Waals surface area contributed by atoms with Crippen LogP contribution in [-0.4, -0.2) is 48.9 Å². The first-order valence-electron chi connectivity index (χ1n) is 7.69. The summed E-state index contributed by atoms with van der Waals surface area (Å²) in [4.78, 5) is 37.8. The number of halogens is 1. The number of hydrogen-bond acceptors (Lipinski definition) is 7. The van der Waals surface area contributed by atoms with Crippen LogP contribution in [0.2, 0.25) is 0 Å². The summed E-state index contributed by atoms with van der Waals surface area (Å²) in [6, 6.07) is 2.40. The minimum Gasteiger partial charge on any atom is -0.496 e. The van der Waals surface area contributed by atoms with Crippen molar-refractivity contribution in [2.75, 3.05) is 20.8 Å². The topological polar surface area (TPSA) is 82.1 Å². The number of methoxy groups -OCH3 is 2. The Kier molecular flexibility index (Phi) is 6.71. The van der Waals surface area contributed by atoms with Crippen molar-refractivity contribution in [3.63, 3.8) is 0 Å². The Morgan fingerprint density at radius 1 is 1.27 bits per heavy atom. The quantitative estimate of drug-likeness (QED) is 0.491.